The van der Waals surface area contributed by atoms with Crippen LogP contribution in [0.4, 0.5) is 11.4 Å². The van der Waals surface area contributed by atoms with Crippen LogP contribution >= 0.6 is 11.8 Å². The first kappa shape index (κ1) is 19.4. The van der Waals surface area contributed by atoms with Crippen molar-refractivity contribution in [2.75, 3.05) is 12.4 Å². The first-order chi connectivity index (χ1) is 12.4. The molecule has 0 saturated heterocycles. The number of benzene rings is 1. The molecular weight excluding hydrogens is 358 g/mol. The van der Waals surface area contributed by atoms with E-state index in [0.717, 1.165) is 0 Å². The maximum Gasteiger partial charge on any atom is 0.296 e. The van der Waals surface area contributed by atoms with E-state index in [2.05, 4.69) is 22.1 Å². The van der Waals surface area contributed by atoms with Crippen molar-refractivity contribution >= 4 is 29.0 Å². The van der Waals surface area contributed by atoms with Gasteiger partial charge in [0.15, 0.2) is 5.16 Å². The van der Waals surface area contributed by atoms with Crippen LogP contribution in [0, 0.1) is 17.0 Å². The van der Waals surface area contributed by atoms with E-state index in [-0.39, 0.29) is 17.3 Å². The zero-order valence-corrected chi connectivity index (χ0v) is 15.4. The van der Waals surface area contributed by atoms with Crippen molar-refractivity contribution in [1.82, 2.24) is 14.8 Å². The highest BCUT2D eigenvalue weighted by Crippen LogP contribution is 2.30. The lowest BCUT2D eigenvalue weighted by molar-refractivity contribution is -0.384. The average Bonchev–Trinajstić information content (AvgIpc) is 2.95. The van der Waals surface area contributed by atoms with Crippen LogP contribution in [0.3, 0.4) is 0 Å². The van der Waals surface area contributed by atoms with Crippen LogP contribution in [-0.2, 0) is 11.3 Å². The number of nitrogens with one attached hydrogen (secondary N) is 1. The number of ether oxygens (including phenoxy) is 1. The number of hydrogen-bond acceptors (Lipinski definition) is 7. The summed E-state index contributed by atoms with van der Waals surface area (Å²) in [6.45, 7) is 7.72. The molecule has 2 rings (SSSR count). The van der Waals surface area contributed by atoms with Gasteiger partial charge in [-0.25, -0.2) is 0 Å². The van der Waals surface area contributed by atoms with Crippen molar-refractivity contribution in [2.24, 2.45) is 0 Å². The lowest BCUT2D eigenvalue weighted by Gasteiger charge is -2.13. The highest BCUT2D eigenvalue weighted by atomic mass is 32.2. The number of aromatic nitrogens is 3. The molecule has 0 spiro atoms. The van der Waals surface area contributed by atoms with Crippen LogP contribution in [0.15, 0.2) is 36.0 Å². The van der Waals surface area contributed by atoms with Gasteiger partial charge in [0.25, 0.3) is 5.69 Å². The smallest absolute Gasteiger partial charge is 0.296 e. The minimum Gasteiger partial charge on any atom is -0.496 e. The zero-order chi connectivity index (χ0) is 19.3. The monoisotopic (exact) mass is 377 g/mol. The van der Waals surface area contributed by atoms with E-state index in [4.69, 9.17) is 4.74 Å². The quantitative estimate of drug-likeness (QED) is 0.326. The van der Waals surface area contributed by atoms with Gasteiger partial charge in [0.2, 0.25) is 5.91 Å². The summed E-state index contributed by atoms with van der Waals surface area (Å²) in [7, 11) is 1.41. The average molecular weight is 377 g/mol. The van der Waals surface area contributed by atoms with Crippen molar-refractivity contribution in [1.29, 1.82) is 0 Å². The number of amides is 1. The summed E-state index contributed by atoms with van der Waals surface area (Å²) in [5.41, 5.74) is -0.127. The maximum atomic E-state index is 12.5. The van der Waals surface area contributed by atoms with E-state index in [0.29, 0.717) is 23.3 Å². The molecule has 1 aromatic heterocycles. The molecule has 0 aliphatic rings. The Balaban J connectivity index is 2.15. The molecule has 138 valence electrons. The van der Waals surface area contributed by atoms with Crippen LogP contribution in [0.5, 0.6) is 5.75 Å². The van der Waals surface area contributed by atoms with Gasteiger partial charge in [-0.2, -0.15) is 0 Å². The van der Waals surface area contributed by atoms with Crippen LogP contribution in [0.1, 0.15) is 12.7 Å². The molecule has 9 nitrogen and oxygen atoms in total. The number of aryl methyl sites for hydroxylation is 1. The van der Waals surface area contributed by atoms with E-state index in [1.54, 1.807) is 19.1 Å². The number of carbonyl (C=O) groups excluding carboxylic acids is 1. The lowest BCUT2D eigenvalue weighted by atomic mass is 10.2. The van der Waals surface area contributed by atoms with Gasteiger partial charge < -0.3 is 14.6 Å². The van der Waals surface area contributed by atoms with Crippen LogP contribution in [0.2, 0.25) is 0 Å². The lowest BCUT2D eigenvalue weighted by Crippen LogP contribution is -2.23. The molecule has 1 atom stereocenters. The van der Waals surface area contributed by atoms with E-state index in [1.165, 1.54) is 31.0 Å². The largest absolute Gasteiger partial charge is 0.496 e. The van der Waals surface area contributed by atoms with Crippen LogP contribution in [-0.4, -0.2) is 38.0 Å². The Bertz CT molecular complexity index is 836. The van der Waals surface area contributed by atoms with Gasteiger partial charge in [-0.15, -0.1) is 16.8 Å². The van der Waals surface area contributed by atoms with Crippen LogP contribution < -0.4 is 10.1 Å². The number of thioether (sulfide) groups is 1. The number of nitro groups is 1. The van der Waals surface area contributed by atoms with Crippen molar-refractivity contribution in [3.8, 4) is 5.75 Å². The number of carbonyl (C=O) groups is 1. The molecule has 1 heterocycles. The first-order valence-electron chi connectivity index (χ1n) is 7.68. The summed E-state index contributed by atoms with van der Waals surface area (Å²) in [4.78, 5) is 23.1. The minimum absolute atomic E-state index is 0.108. The van der Waals surface area contributed by atoms with Crippen molar-refractivity contribution in [3.05, 3.63) is 46.8 Å². The molecule has 0 radical (unpaired) electrons. The molecule has 26 heavy (non-hydrogen) atoms. The number of allylic oxidation sites excluding steroid dienone is 1. The van der Waals surface area contributed by atoms with Crippen molar-refractivity contribution in [3.63, 3.8) is 0 Å². The third-order valence-corrected chi connectivity index (χ3v) is 4.60. The second-order valence-electron chi connectivity index (χ2n) is 5.32. The van der Waals surface area contributed by atoms with Gasteiger partial charge in [0, 0.05) is 6.54 Å². The van der Waals surface area contributed by atoms with Gasteiger partial charge >= 0.3 is 0 Å². The van der Waals surface area contributed by atoms with Gasteiger partial charge in [-0.05, 0) is 26.0 Å². The molecule has 0 bridgehead atoms. The molecule has 0 fully saturated rings. The molecular formula is C16H19N5O4S. The Labute approximate surface area is 154 Å². The Hall–Kier alpha value is -2.88. The number of methoxy groups -OCH3 is 1. The number of nitrogens with zero attached hydrogens (tertiary/aromatic N) is 4. The molecule has 1 N–H and O–H groups in total. The van der Waals surface area contributed by atoms with Crippen molar-refractivity contribution < 1.29 is 14.5 Å². The van der Waals surface area contributed by atoms with Crippen molar-refractivity contribution in [2.45, 2.75) is 30.8 Å². The zero-order valence-electron chi connectivity index (χ0n) is 14.6. The summed E-state index contributed by atoms with van der Waals surface area (Å²) in [5.74, 6) is 0.671. The second kappa shape index (κ2) is 8.48. The predicted molar refractivity (Wildman–Crippen MR) is 98.6 cm³/mol. The third-order valence-electron chi connectivity index (χ3n) is 3.52. The summed E-state index contributed by atoms with van der Waals surface area (Å²) >= 11 is 1.22. The predicted octanol–water partition coefficient (Wildman–Crippen LogP) is 2.81. The molecule has 0 saturated carbocycles. The molecule has 1 aromatic carbocycles. The van der Waals surface area contributed by atoms with Gasteiger partial charge in [0.05, 0.1) is 23.3 Å². The van der Waals surface area contributed by atoms with E-state index in [1.807, 2.05) is 11.5 Å². The minimum atomic E-state index is -0.569. The summed E-state index contributed by atoms with van der Waals surface area (Å²) in [6, 6.07) is 4.25. The standard InChI is InChI=1S/C16H19N5O4S/c1-5-8-20-11(3)18-19-16(20)26-10(2)15(22)17-13-7-6-12(25-4)9-14(13)21(23)24/h5-7,9-10H,1,8H2,2-4H3,(H,17,22)/t10-/m0/s1. The Morgan fingerprint density at radius 1 is 1.54 bits per heavy atom. The molecule has 2 aromatic rings. The maximum absolute atomic E-state index is 12.5. The number of anilines is 1. The normalized spacial score (nSPS) is 11.7. The van der Waals surface area contributed by atoms with E-state index in [9.17, 15) is 14.9 Å². The molecule has 10 heteroatoms. The SMILES string of the molecule is C=CCn1c(C)nnc1S[C@@H](C)C(=O)Nc1ccc(OC)cc1[N+](=O)[O-]. The summed E-state index contributed by atoms with van der Waals surface area (Å²) in [5, 5.41) is 21.9. The summed E-state index contributed by atoms with van der Waals surface area (Å²) < 4.78 is 6.81. The second-order valence-corrected chi connectivity index (χ2v) is 6.63. The van der Waals surface area contributed by atoms with E-state index >= 15 is 0 Å². The fourth-order valence-electron chi connectivity index (χ4n) is 2.13. The molecule has 0 aliphatic heterocycles. The number of rotatable bonds is 8. The van der Waals surface area contributed by atoms with Gasteiger partial charge in [-0.3, -0.25) is 14.9 Å². The van der Waals surface area contributed by atoms with Crippen LogP contribution in [0.25, 0.3) is 0 Å². The fourth-order valence-corrected chi connectivity index (χ4v) is 3.03. The fraction of sp³-hybridized carbons (Fsp3) is 0.312. The Morgan fingerprint density at radius 3 is 2.88 bits per heavy atom. The molecule has 0 unspecified atom stereocenters. The van der Waals surface area contributed by atoms with Gasteiger partial charge in [0.1, 0.15) is 17.3 Å². The van der Waals surface area contributed by atoms with Gasteiger partial charge in [-0.1, -0.05) is 17.8 Å². The third kappa shape index (κ3) is 4.39. The topological polar surface area (TPSA) is 112 Å². The molecule has 0 aliphatic carbocycles. The Morgan fingerprint density at radius 2 is 2.27 bits per heavy atom. The molecule has 1 amide bonds. The van der Waals surface area contributed by atoms with E-state index < -0.39 is 10.2 Å². The highest BCUT2D eigenvalue weighted by molar-refractivity contribution is 8.00. The summed E-state index contributed by atoms with van der Waals surface area (Å²) in [6.07, 6.45) is 1.71. The number of nitro benzene ring substituents is 1. The highest BCUT2D eigenvalue weighted by Gasteiger charge is 2.22. The first-order valence-corrected chi connectivity index (χ1v) is 8.56. The Kier molecular flexibility index (Phi) is 6.34. The number of hydrogen-bond donors (Lipinski definition) is 1.